The van der Waals surface area contributed by atoms with E-state index in [-0.39, 0.29) is 0 Å². The molecule has 0 aliphatic rings. The highest BCUT2D eigenvalue weighted by Gasteiger charge is 2.15. The summed E-state index contributed by atoms with van der Waals surface area (Å²) in [6.45, 7) is 8.59. The van der Waals surface area contributed by atoms with Crippen molar-refractivity contribution in [2.75, 3.05) is 0 Å². The molecule has 2 heteroatoms. The lowest BCUT2D eigenvalue weighted by Crippen LogP contribution is -1.95. The molecule has 146 valence electrons. The van der Waals surface area contributed by atoms with Crippen molar-refractivity contribution in [3.8, 4) is 22.4 Å². The van der Waals surface area contributed by atoms with Gasteiger partial charge in [-0.2, -0.15) is 0 Å². The first kappa shape index (κ1) is 18.5. The van der Waals surface area contributed by atoms with Crippen LogP contribution in [0.4, 0.5) is 0 Å². The summed E-state index contributed by atoms with van der Waals surface area (Å²) in [5.41, 5.74) is 11.4. The van der Waals surface area contributed by atoms with Crippen LogP contribution in [0.3, 0.4) is 0 Å². The summed E-state index contributed by atoms with van der Waals surface area (Å²) in [6, 6.07) is 24.0. The molecule has 2 heterocycles. The first-order valence-electron chi connectivity index (χ1n) is 10.3. The molecule has 0 radical (unpaired) electrons. The lowest BCUT2D eigenvalue weighted by molar-refractivity contribution is 1.33. The maximum absolute atomic E-state index is 5.23. The lowest BCUT2D eigenvalue weighted by Gasteiger charge is -2.15. The van der Waals surface area contributed by atoms with Crippen molar-refractivity contribution >= 4 is 21.8 Å². The average molecular weight is 389 g/mol. The fourth-order valence-corrected chi connectivity index (χ4v) is 4.46. The largest absolute Gasteiger partial charge is 0.254 e. The Kier molecular flexibility index (Phi) is 4.36. The predicted molar refractivity (Wildman–Crippen MR) is 127 cm³/mol. The third-order valence-corrected chi connectivity index (χ3v) is 5.59. The average Bonchev–Trinajstić information content (AvgIpc) is 2.71. The Labute approximate surface area is 177 Å². The van der Waals surface area contributed by atoms with Gasteiger partial charge in [0.05, 0.1) is 16.7 Å². The Morgan fingerprint density at radius 1 is 0.567 bits per heavy atom. The SMILES string of the molecule is Cc1cc(C)cc(-c2cc3ccc4cccnc4c3nc2-c2cc(C)cc(C)c2)c1. The molecule has 0 aliphatic carbocycles. The van der Waals surface area contributed by atoms with Crippen LogP contribution in [0.1, 0.15) is 22.3 Å². The monoisotopic (exact) mass is 388 g/mol. The maximum Gasteiger partial charge on any atom is 0.0972 e. The van der Waals surface area contributed by atoms with E-state index < -0.39 is 0 Å². The number of aryl methyl sites for hydroxylation is 4. The summed E-state index contributed by atoms with van der Waals surface area (Å²) in [5.74, 6) is 0. The Bertz CT molecular complexity index is 1390. The van der Waals surface area contributed by atoms with Gasteiger partial charge in [-0.1, -0.05) is 64.7 Å². The van der Waals surface area contributed by atoms with Gasteiger partial charge in [0, 0.05) is 28.1 Å². The van der Waals surface area contributed by atoms with E-state index in [1.807, 2.05) is 12.3 Å². The predicted octanol–water partition coefficient (Wildman–Crippen LogP) is 7.35. The number of hydrogen-bond acceptors (Lipinski definition) is 2. The van der Waals surface area contributed by atoms with Crippen LogP contribution in [0, 0.1) is 27.7 Å². The molecule has 2 nitrogen and oxygen atoms in total. The van der Waals surface area contributed by atoms with E-state index in [9.17, 15) is 0 Å². The van der Waals surface area contributed by atoms with Gasteiger partial charge in [0.25, 0.3) is 0 Å². The van der Waals surface area contributed by atoms with Crippen molar-refractivity contribution in [1.82, 2.24) is 9.97 Å². The minimum Gasteiger partial charge on any atom is -0.254 e. The minimum atomic E-state index is 0.951. The zero-order valence-electron chi connectivity index (χ0n) is 17.8. The number of aromatic nitrogens is 2. The summed E-state index contributed by atoms with van der Waals surface area (Å²) in [7, 11) is 0. The highest BCUT2D eigenvalue weighted by molar-refractivity contribution is 6.05. The van der Waals surface area contributed by atoms with E-state index in [1.165, 1.54) is 27.8 Å². The molecule has 5 aromatic rings. The molecule has 0 bridgehead atoms. The topological polar surface area (TPSA) is 25.8 Å². The second kappa shape index (κ2) is 7.07. The molecule has 0 N–H and O–H groups in total. The van der Waals surface area contributed by atoms with Crippen molar-refractivity contribution in [1.29, 1.82) is 0 Å². The van der Waals surface area contributed by atoms with Crippen LogP contribution in [-0.4, -0.2) is 9.97 Å². The summed E-state index contributed by atoms with van der Waals surface area (Å²) in [5, 5.41) is 2.23. The highest BCUT2D eigenvalue weighted by Crippen LogP contribution is 2.36. The second-order valence-corrected chi connectivity index (χ2v) is 8.35. The van der Waals surface area contributed by atoms with Gasteiger partial charge in [-0.15, -0.1) is 0 Å². The van der Waals surface area contributed by atoms with Gasteiger partial charge in [-0.3, -0.25) is 4.98 Å². The van der Waals surface area contributed by atoms with Crippen molar-refractivity contribution in [3.63, 3.8) is 0 Å². The van der Waals surface area contributed by atoms with E-state index in [2.05, 4.69) is 93.3 Å². The van der Waals surface area contributed by atoms with Crippen LogP contribution in [0.2, 0.25) is 0 Å². The van der Waals surface area contributed by atoms with Crippen molar-refractivity contribution in [2.45, 2.75) is 27.7 Å². The number of fused-ring (bicyclic) bond motifs is 3. The fourth-order valence-electron chi connectivity index (χ4n) is 4.46. The standard InChI is InChI=1S/C28H24N2/c1-17-10-18(2)13-23(12-17)25-16-22-8-7-21-6-5-9-29-27(21)28(22)30-26(25)24-14-19(3)11-20(4)15-24/h5-16H,1-4H3. The van der Waals surface area contributed by atoms with Gasteiger partial charge in [0.2, 0.25) is 0 Å². The molecule has 0 aliphatic heterocycles. The molecule has 0 atom stereocenters. The van der Waals surface area contributed by atoms with Gasteiger partial charge in [-0.25, -0.2) is 4.98 Å². The fraction of sp³-hybridized carbons (Fsp3) is 0.143. The maximum atomic E-state index is 5.23. The summed E-state index contributed by atoms with van der Waals surface area (Å²) < 4.78 is 0. The minimum absolute atomic E-state index is 0.951. The molecule has 0 saturated heterocycles. The third-order valence-electron chi connectivity index (χ3n) is 5.59. The zero-order chi connectivity index (χ0) is 20.8. The van der Waals surface area contributed by atoms with Crippen LogP contribution in [0.15, 0.2) is 72.9 Å². The summed E-state index contributed by atoms with van der Waals surface area (Å²) >= 11 is 0. The lowest BCUT2D eigenvalue weighted by atomic mass is 9.93. The summed E-state index contributed by atoms with van der Waals surface area (Å²) in [4.78, 5) is 9.88. The second-order valence-electron chi connectivity index (χ2n) is 8.35. The number of nitrogens with zero attached hydrogens (tertiary/aromatic N) is 2. The molecule has 2 aromatic heterocycles. The Morgan fingerprint density at radius 2 is 1.17 bits per heavy atom. The van der Waals surface area contributed by atoms with Crippen LogP contribution >= 0.6 is 0 Å². The van der Waals surface area contributed by atoms with E-state index in [4.69, 9.17) is 4.98 Å². The van der Waals surface area contributed by atoms with E-state index in [0.717, 1.165) is 38.6 Å². The van der Waals surface area contributed by atoms with Crippen LogP contribution < -0.4 is 0 Å². The van der Waals surface area contributed by atoms with Gasteiger partial charge >= 0.3 is 0 Å². The molecule has 0 spiro atoms. The van der Waals surface area contributed by atoms with Gasteiger partial charge in [-0.05, 0) is 57.5 Å². The zero-order valence-corrected chi connectivity index (χ0v) is 17.8. The van der Waals surface area contributed by atoms with Crippen molar-refractivity contribution in [3.05, 3.63) is 95.2 Å². The van der Waals surface area contributed by atoms with E-state index in [1.54, 1.807) is 0 Å². The Balaban J connectivity index is 1.90. The van der Waals surface area contributed by atoms with Crippen LogP contribution in [0.5, 0.6) is 0 Å². The van der Waals surface area contributed by atoms with Gasteiger partial charge < -0.3 is 0 Å². The van der Waals surface area contributed by atoms with Crippen molar-refractivity contribution < 1.29 is 0 Å². The van der Waals surface area contributed by atoms with Crippen molar-refractivity contribution in [2.24, 2.45) is 0 Å². The smallest absolute Gasteiger partial charge is 0.0972 e. The van der Waals surface area contributed by atoms with Gasteiger partial charge in [0.15, 0.2) is 0 Å². The van der Waals surface area contributed by atoms with Crippen LogP contribution in [-0.2, 0) is 0 Å². The van der Waals surface area contributed by atoms with E-state index >= 15 is 0 Å². The first-order valence-corrected chi connectivity index (χ1v) is 10.3. The Hall–Kier alpha value is -3.52. The quantitative estimate of drug-likeness (QED) is 0.295. The molecule has 0 amide bonds. The van der Waals surface area contributed by atoms with E-state index in [0.29, 0.717) is 0 Å². The third kappa shape index (κ3) is 3.25. The molecule has 30 heavy (non-hydrogen) atoms. The Morgan fingerprint density at radius 3 is 1.83 bits per heavy atom. The molecule has 5 rings (SSSR count). The number of pyridine rings is 2. The number of hydrogen-bond donors (Lipinski definition) is 0. The molecular formula is C28H24N2. The highest BCUT2D eigenvalue weighted by atomic mass is 14.8. The molecular weight excluding hydrogens is 364 g/mol. The first-order chi connectivity index (χ1) is 14.5. The van der Waals surface area contributed by atoms with Gasteiger partial charge in [0.1, 0.15) is 0 Å². The number of rotatable bonds is 2. The molecule has 3 aromatic carbocycles. The molecule has 0 saturated carbocycles. The molecule has 0 fully saturated rings. The summed E-state index contributed by atoms with van der Waals surface area (Å²) in [6.07, 6.45) is 1.85. The number of benzene rings is 3. The molecule has 0 unspecified atom stereocenters. The normalized spacial score (nSPS) is 11.3. The van der Waals surface area contributed by atoms with Crippen LogP contribution in [0.25, 0.3) is 44.2 Å².